The zero-order chi connectivity index (χ0) is 18.6. The highest BCUT2D eigenvalue weighted by Gasteiger charge is 2.28. The maximum absolute atomic E-state index is 14.2. The van der Waals surface area contributed by atoms with Gasteiger partial charge in [-0.05, 0) is 30.4 Å². The van der Waals surface area contributed by atoms with Crippen LogP contribution in [0.1, 0.15) is 24.5 Å². The monoisotopic (exact) mass is 373 g/mol. The fraction of sp³-hybridized carbons (Fsp3) is 0.526. The Morgan fingerprint density at radius 2 is 1.89 bits per heavy atom. The van der Waals surface area contributed by atoms with E-state index in [9.17, 15) is 9.50 Å². The molecule has 4 heterocycles. The average Bonchev–Trinajstić information content (AvgIpc) is 2.75. The maximum atomic E-state index is 14.2. The first-order chi connectivity index (χ1) is 13.2. The van der Waals surface area contributed by atoms with Gasteiger partial charge in [-0.3, -0.25) is 4.98 Å². The van der Waals surface area contributed by atoms with Crippen LogP contribution in [0.5, 0.6) is 0 Å². The van der Waals surface area contributed by atoms with Crippen LogP contribution in [0.3, 0.4) is 0 Å². The van der Waals surface area contributed by atoms with Crippen molar-refractivity contribution in [2.75, 3.05) is 49.2 Å². The number of piperidine rings is 1. The highest BCUT2D eigenvalue weighted by Crippen LogP contribution is 2.31. The van der Waals surface area contributed by atoms with Crippen LogP contribution in [0.4, 0.5) is 16.2 Å². The molecule has 1 atom stereocenters. The van der Waals surface area contributed by atoms with Gasteiger partial charge in [-0.25, -0.2) is 9.37 Å². The van der Waals surface area contributed by atoms with Gasteiger partial charge in [0, 0.05) is 38.6 Å². The Balaban J connectivity index is 1.42. The van der Waals surface area contributed by atoms with E-state index < -0.39 is 11.9 Å². The van der Waals surface area contributed by atoms with E-state index in [1.807, 2.05) is 17.0 Å². The van der Waals surface area contributed by atoms with Gasteiger partial charge in [-0.2, -0.15) is 4.98 Å². The van der Waals surface area contributed by atoms with Gasteiger partial charge < -0.3 is 19.6 Å². The lowest BCUT2D eigenvalue weighted by atomic mass is 9.88. The summed E-state index contributed by atoms with van der Waals surface area (Å²) >= 11 is 0. The van der Waals surface area contributed by atoms with E-state index in [0.29, 0.717) is 38.1 Å². The molecule has 0 bridgehead atoms. The summed E-state index contributed by atoms with van der Waals surface area (Å²) in [5, 5.41) is 10.6. The normalized spacial score (nSPS) is 19.9. The zero-order valence-electron chi connectivity index (χ0n) is 15.2. The van der Waals surface area contributed by atoms with Gasteiger partial charge in [0.15, 0.2) is 11.6 Å². The van der Waals surface area contributed by atoms with E-state index in [1.54, 1.807) is 12.4 Å². The van der Waals surface area contributed by atoms with E-state index >= 15 is 0 Å². The molecule has 0 aromatic carbocycles. The third-order valence-electron chi connectivity index (χ3n) is 5.32. The molecule has 2 saturated heterocycles. The molecule has 8 heteroatoms. The van der Waals surface area contributed by atoms with Crippen LogP contribution in [0.25, 0.3) is 0 Å². The molecule has 2 aromatic rings. The number of aromatic nitrogens is 3. The summed E-state index contributed by atoms with van der Waals surface area (Å²) in [5.74, 6) is 0.667. The third kappa shape index (κ3) is 4.01. The summed E-state index contributed by atoms with van der Waals surface area (Å²) < 4.78 is 19.5. The minimum atomic E-state index is -0.515. The molecule has 2 aliphatic rings. The fourth-order valence-corrected chi connectivity index (χ4v) is 3.74. The highest BCUT2D eigenvalue weighted by atomic mass is 19.1. The number of morpholine rings is 1. The number of hydrogen-bond donors (Lipinski definition) is 1. The highest BCUT2D eigenvalue weighted by molar-refractivity contribution is 5.45. The number of aliphatic hydroxyl groups excluding tert-OH is 1. The van der Waals surface area contributed by atoms with E-state index in [0.717, 1.165) is 31.5 Å². The van der Waals surface area contributed by atoms with Crippen molar-refractivity contribution in [3.63, 3.8) is 0 Å². The number of aliphatic hydroxyl groups is 1. The molecule has 4 rings (SSSR count). The number of nitrogens with zero attached hydrogens (tertiary/aromatic N) is 5. The summed E-state index contributed by atoms with van der Waals surface area (Å²) in [7, 11) is 0. The van der Waals surface area contributed by atoms with Crippen molar-refractivity contribution in [2.24, 2.45) is 5.92 Å². The molecule has 27 heavy (non-hydrogen) atoms. The van der Waals surface area contributed by atoms with E-state index in [1.165, 1.54) is 6.20 Å². The molecule has 2 fully saturated rings. The van der Waals surface area contributed by atoms with Gasteiger partial charge in [-0.1, -0.05) is 6.07 Å². The van der Waals surface area contributed by atoms with Crippen molar-refractivity contribution >= 4 is 11.8 Å². The van der Waals surface area contributed by atoms with Crippen molar-refractivity contribution in [1.82, 2.24) is 15.0 Å². The van der Waals surface area contributed by atoms with Crippen molar-refractivity contribution in [2.45, 2.75) is 18.9 Å². The molecule has 0 radical (unpaired) electrons. The van der Waals surface area contributed by atoms with Crippen LogP contribution in [0.15, 0.2) is 30.7 Å². The summed E-state index contributed by atoms with van der Waals surface area (Å²) in [6.07, 6.45) is 5.81. The van der Waals surface area contributed by atoms with Crippen LogP contribution in [0, 0.1) is 11.7 Å². The van der Waals surface area contributed by atoms with Gasteiger partial charge >= 0.3 is 0 Å². The lowest BCUT2D eigenvalue weighted by Crippen LogP contribution is -2.39. The largest absolute Gasteiger partial charge is 0.388 e. The van der Waals surface area contributed by atoms with Crippen molar-refractivity contribution in [1.29, 1.82) is 0 Å². The summed E-state index contributed by atoms with van der Waals surface area (Å²) in [6, 6.07) is 3.74. The predicted molar refractivity (Wildman–Crippen MR) is 99.2 cm³/mol. The number of rotatable bonds is 4. The van der Waals surface area contributed by atoms with E-state index in [4.69, 9.17) is 4.74 Å². The molecule has 0 saturated carbocycles. The molecular formula is C19H24FN5O2. The molecule has 1 N–H and O–H groups in total. The number of pyridine rings is 1. The van der Waals surface area contributed by atoms with Gasteiger partial charge in [0.2, 0.25) is 5.95 Å². The van der Waals surface area contributed by atoms with Crippen LogP contribution >= 0.6 is 0 Å². The summed E-state index contributed by atoms with van der Waals surface area (Å²) in [4.78, 5) is 16.7. The standard InChI is InChI=1S/C19H24FN5O2/c20-16-13-22-19(23-18(16)24-8-10-27-11-9-24)25-6-3-14(4-7-25)17(26)15-2-1-5-21-12-15/h1-2,5,12-14,17,26H,3-4,6-11H2/t17-/m1/s1. The van der Waals surface area contributed by atoms with Crippen molar-refractivity contribution in [3.8, 4) is 0 Å². The Kier molecular flexibility index (Phi) is 5.45. The molecule has 0 spiro atoms. The maximum Gasteiger partial charge on any atom is 0.227 e. The fourth-order valence-electron chi connectivity index (χ4n) is 3.74. The SMILES string of the molecule is O[C@@H](c1cccnc1)C1CCN(c2ncc(F)c(N3CCOCC3)n2)CC1. The topological polar surface area (TPSA) is 74.6 Å². The average molecular weight is 373 g/mol. The minimum absolute atomic E-state index is 0.171. The first-order valence-corrected chi connectivity index (χ1v) is 9.40. The first-order valence-electron chi connectivity index (χ1n) is 9.40. The number of halogens is 1. The quantitative estimate of drug-likeness (QED) is 0.876. The Morgan fingerprint density at radius 1 is 1.11 bits per heavy atom. The van der Waals surface area contributed by atoms with Crippen molar-refractivity contribution in [3.05, 3.63) is 42.1 Å². The number of ether oxygens (including phenoxy) is 1. The minimum Gasteiger partial charge on any atom is -0.388 e. The molecule has 144 valence electrons. The Bertz CT molecular complexity index is 749. The van der Waals surface area contributed by atoms with Crippen LogP contribution in [-0.2, 0) is 4.74 Å². The lowest BCUT2D eigenvalue weighted by molar-refractivity contribution is 0.0924. The van der Waals surface area contributed by atoms with E-state index in [2.05, 4.69) is 19.9 Å². The van der Waals surface area contributed by atoms with Crippen molar-refractivity contribution < 1.29 is 14.2 Å². The number of anilines is 2. The molecule has 2 aliphatic heterocycles. The molecule has 7 nitrogen and oxygen atoms in total. The second-order valence-electron chi connectivity index (χ2n) is 7.00. The van der Waals surface area contributed by atoms with Gasteiger partial charge in [0.1, 0.15) is 0 Å². The smallest absolute Gasteiger partial charge is 0.227 e. The first kappa shape index (κ1) is 18.1. The summed E-state index contributed by atoms with van der Waals surface area (Å²) in [5.41, 5.74) is 0.851. The lowest BCUT2D eigenvalue weighted by Gasteiger charge is -2.35. The zero-order valence-corrected chi connectivity index (χ0v) is 15.2. The second kappa shape index (κ2) is 8.14. The van der Waals surface area contributed by atoms with Crippen LogP contribution < -0.4 is 9.80 Å². The van der Waals surface area contributed by atoms with Crippen LogP contribution in [0.2, 0.25) is 0 Å². The van der Waals surface area contributed by atoms with Crippen LogP contribution in [-0.4, -0.2) is 59.5 Å². The molecular weight excluding hydrogens is 349 g/mol. The Hall–Kier alpha value is -2.32. The Morgan fingerprint density at radius 3 is 2.59 bits per heavy atom. The summed E-state index contributed by atoms with van der Waals surface area (Å²) in [6.45, 7) is 3.89. The second-order valence-corrected chi connectivity index (χ2v) is 7.00. The molecule has 2 aromatic heterocycles. The molecule has 0 aliphatic carbocycles. The molecule has 0 unspecified atom stereocenters. The van der Waals surface area contributed by atoms with Gasteiger partial charge in [0.05, 0.1) is 25.5 Å². The van der Waals surface area contributed by atoms with Gasteiger partial charge in [-0.15, -0.1) is 0 Å². The number of hydrogen-bond acceptors (Lipinski definition) is 7. The molecule has 0 amide bonds. The Labute approximate surface area is 157 Å². The predicted octanol–water partition coefficient (Wildman–Crippen LogP) is 1.80. The van der Waals surface area contributed by atoms with E-state index in [-0.39, 0.29) is 5.92 Å². The third-order valence-corrected chi connectivity index (χ3v) is 5.32. The van der Waals surface area contributed by atoms with Gasteiger partial charge in [0.25, 0.3) is 0 Å².